The van der Waals surface area contributed by atoms with Crippen LogP contribution in [0.25, 0.3) is 11.0 Å². The van der Waals surface area contributed by atoms with Crippen molar-refractivity contribution in [3.05, 3.63) is 65.4 Å². The maximum Gasteiger partial charge on any atom is 0.291 e. The van der Waals surface area contributed by atoms with E-state index >= 15 is 0 Å². The number of fused-ring (bicyclic) bond motifs is 1. The normalized spacial score (nSPS) is 10.8. The van der Waals surface area contributed by atoms with Gasteiger partial charge in [-0.1, -0.05) is 23.8 Å². The molecule has 112 valence electrons. The predicted octanol–water partition coefficient (Wildman–Crippen LogP) is 3.53. The van der Waals surface area contributed by atoms with Gasteiger partial charge in [0.05, 0.1) is 0 Å². The van der Waals surface area contributed by atoms with Gasteiger partial charge in [-0.3, -0.25) is 4.79 Å². The highest BCUT2D eigenvalue weighted by atomic mass is 16.3. The number of furan rings is 1. The molecule has 0 aliphatic rings. The van der Waals surface area contributed by atoms with Crippen LogP contribution in [-0.2, 0) is 6.42 Å². The molecule has 0 spiro atoms. The number of hydrogen-bond donors (Lipinski definition) is 2. The fourth-order valence-electron chi connectivity index (χ4n) is 2.35. The number of amides is 1. The molecule has 22 heavy (non-hydrogen) atoms. The van der Waals surface area contributed by atoms with Gasteiger partial charge in [-0.15, -0.1) is 0 Å². The molecule has 2 aromatic carbocycles. The molecule has 1 heterocycles. The van der Waals surface area contributed by atoms with Crippen molar-refractivity contribution in [2.24, 2.45) is 0 Å². The van der Waals surface area contributed by atoms with Crippen molar-refractivity contribution in [3.8, 4) is 0 Å². The van der Waals surface area contributed by atoms with Crippen LogP contribution in [-0.4, -0.2) is 17.6 Å². The third-order valence-corrected chi connectivity index (χ3v) is 3.51. The van der Waals surface area contributed by atoms with Crippen LogP contribution in [0.15, 0.2) is 52.9 Å². The molecule has 0 saturated carbocycles. The van der Waals surface area contributed by atoms with E-state index in [2.05, 4.69) is 5.32 Å². The van der Waals surface area contributed by atoms with E-state index in [1.165, 1.54) is 0 Å². The van der Waals surface area contributed by atoms with Crippen molar-refractivity contribution < 1.29 is 14.3 Å². The molecule has 0 radical (unpaired) electrons. The molecule has 2 N–H and O–H groups in total. The quantitative estimate of drug-likeness (QED) is 0.774. The first-order chi connectivity index (χ1) is 10.7. The third kappa shape index (κ3) is 3.02. The Morgan fingerprint density at radius 1 is 1.14 bits per heavy atom. The Morgan fingerprint density at radius 3 is 2.64 bits per heavy atom. The summed E-state index contributed by atoms with van der Waals surface area (Å²) >= 11 is 0. The number of nitrogens with one attached hydrogen (secondary N) is 1. The van der Waals surface area contributed by atoms with Crippen LogP contribution in [0.2, 0.25) is 0 Å². The van der Waals surface area contributed by atoms with E-state index in [0.29, 0.717) is 23.5 Å². The van der Waals surface area contributed by atoms with Gasteiger partial charge in [0.25, 0.3) is 5.91 Å². The summed E-state index contributed by atoms with van der Waals surface area (Å²) in [5.74, 6) is 0.0174. The van der Waals surface area contributed by atoms with E-state index in [1.54, 1.807) is 6.07 Å². The second kappa shape index (κ2) is 6.03. The summed E-state index contributed by atoms with van der Waals surface area (Å²) in [6.45, 7) is 2.12. The zero-order valence-electron chi connectivity index (χ0n) is 12.3. The molecule has 0 fully saturated rings. The number of carbonyl (C=O) groups is 1. The summed E-state index contributed by atoms with van der Waals surface area (Å²) < 4.78 is 5.57. The van der Waals surface area contributed by atoms with Crippen molar-refractivity contribution in [3.63, 3.8) is 0 Å². The standard InChI is InChI=1S/C18H17NO3/c1-12-2-7-16-14(10-12)11-17(22-16)18(21)19-15-5-3-13(4-6-15)8-9-20/h2-7,10-11,20H,8-9H2,1H3,(H,19,21). The lowest BCUT2D eigenvalue weighted by Crippen LogP contribution is -2.10. The molecule has 3 aromatic rings. The Labute approximate surface area is 128 Å². The van der Waals surface area contributed by atoms with Crippen LogP contribution >= 0.6 is 0 Å². The molecule has 3 rings (SSSR count). The van der Waals surface area contributed by atoms with E-state index in [4.69, 9.17) is 9.52 Å². The van der Waals surface area contributed by atoms with E-state index in [-0.39, 0.29) is 12.5 Å². The van der Waals surface area contributed by atoms with Crippen LogP contribution in [0, 0.1) is 6.92 Å². The van der Waals surface area contributed by atoms with Crippen LogP contribution in [0.5, 0.6) is 0 Å². The number of aliphatic hydroxyl groups is 1. The highest BCUT2D eigenvalue weighted by molar-refractivity contribution is 6.04. The van der Waals surface area contributed by atoms with Crippen molar-refractivity contribution in [1.29, 1.82) is 0 Å². The summed E-state index contributed by atoms with van der Waals surface area (Å²) in [6, 6.07) is 14.9. The Kier molecular flexibility index (Phi) is 3.94. The first-order valence-electron chi connectivity index (χ1n) is 7.17. The van der Waals surface area contributed by atoms with Gasteiger partial charge in [-0.2, -0.15) is 0 Å². The van der Waals surface area contributed by atoms with Gasteiger partial charge in [-0.05, 0) is 49.2 Å². The predicted molar refractivity (Wildman–Crippen MR) is 86.1 cm³/mol. The number of aryl methyl sites for hydroxylation is 1. The molecule has 0 aliphatic heterocycles. The van der Waals surface area contributed by atoms with Gasteiger partial charge >= 0.3 is 0 Å². The second-order valence-corrected chi connectivity index (χ2v) is 5.28. The third-order valence-electron chi connectivity index (χ3n) is 3.51. The number of benzene rings is 2. The van der Waals surface area contributed by atoms with E-state index in [9.17, 15) is 4.79 Å². The lowest BCUT2D eigenvalue weighted by atomic mass is 10.1. The number of rotatable bonds is 4. The molecular formula is C18H17NO3. The summed E-state index contributed by atoms with van der Waals surface area (Å²) in [5.41, 5.74) is 3.55. The molecule has 4 heteroatoms. The SMILES string of the molecule is Cc1ccc2oc(C(=O)Nc3ccc(CCO)cc3)cc2c1. The molecular weight excluding hydrogens is 278 g/mol. The zero-order valence-corrected chi connectivity index (χ0v) is 12.3. The van der Waals surface area contributed by atoms with E-state index < -0.39 is 0 Å². The van der Waals surface area contributed by atoms with Crippen molar-refractivity contribution in [2.75, 3.05) is 11.9 Å². The van der Waals surface area contributed by atoms with Crippen molar-refractivity contribution in [1.82, 2.24) is 0 Å². The molecule has 4 nitrogen and oxygen atoms in total. The zero-order chi connectivity index (χ0) is 15.5. The Morgan fingerprint density at radius 2 is 1.91 bits per heavy atom. The monoisotopic (exact) mass is 295 g/mol. The second-order valence-electron chi connectivity index (χ2n) is 5.28. The Hall–Kier alpha value is -2.59. The molecule has 0 atom stereocenters. The van der Waals surface area contributed by atoms with Gasteiger partial charge in [0.15, 0.2) is 5.76 Å². The van der Waals surface area contributed by atoms with Crippen LogP contribution < -0.4 is 5.32 Å². The fourth-order valence-corrected chi connectivity index (χ4v) is 2.35. The minimum absolute atomic E-state index is 0.115. The summed E-state index contributed by atoms with van der Waals surface area (Å²) in [5, 5.41) is 12.6. The van der Waals surface area contributed by atoms with Crippen molar-refractivity contribution in [2.45, 2.75) is 13.3 Å². The first kappa shape index (κ1) is 14.4. The minimum atomic E-state index is -0.274. The van der Waals surface area contributed by atoms with E-state index in [0.717, 1.165) is 16.5 Å². The lowest BCUT2D eigenvalue weighted by Gasteiger charge is -2.04. The van der Waals surface area contributed by atoms with Gasteiger partial charge in [0, 0.05) is 17.7 Å². The maximum absolute atomic E-state index is 12.2. The van der Waals surface area contributed by atoms with Gasteiger partial charge in [0.1, 0.15) is 5.58 Å². The van der Waals surface area contributed by atoms with Crippen LogP contribution in [0.4, 0.5) is 5.69 Å². The number of anilines is 1. The Bertz CT molecular complexity index is 803. The number of carbonyl (C=O) groups excluding carboxylic acids is 1. The molecule has 0 unspecified atom stereocenters. The highest BCUT2D eigenvalue weighted by Crippen LogP contribution is 2.21. The van der Waals surface area contributed by atoms with Crippen LogP contribution in [0.3, 0.4) is 0 Å². The molecule has 0 saturated heterocycles. The average molecular weight is 295 g/mol. The van der Waals surface area contributed by atoms with Crippen LogP contribution in [0.1, 0.15) is 21.7 Å². The van der Waals surface area contributed by atoms with E-state index in [1.807, 2.05) is 49.4 Å². The molecule has 0 aliphatic carbocycles. The highest BCUT2D eigenvalue weighted by Gasteiger charge is 2.12. The largest absolute Gasteiger partial charge is 0.451 e. The summed E-state index contributed by atoms with van der Waals surface area (Å²) in [4.78, 5) is 12.2. The topological polar surface area (TPSA) is 62.5 Å². The maximum atomic E-state index is 12.2. The van der Waals surface area contributed by atoms with Gasteiger partial charge in [-0.25, -0.2) is 0 Å². The summed E-state index contributed by atoms with van der Waals surface area (Å²) in [7, 11) is 0. The Balaban J connectivity index is 1.77. The summed E-state index contributed by atoms with van der Waals surface area (Å²) in [6.07, 6.45) is 0.608. The fraction of sp³-hybridized carbons (Fsp3) is 0.167. The first-order valence-corrected chi connectivity index (χ1v) is 7.17. The minimum Gasteiger partial charge on any atom is -0.451 e. The smallest absolute Gasteiger partial charge is 0.291 e. The lowest BCUT2D eigenvalue weighted by molar-refractivity contribution is 0.0998. The molecule has 0 bridgehead atoms. The number of aliphatic hydroxyl groups excluding tert-OH is 1. The van der Waals surface area contributed by atoms with Gasteiger partial charge in [0.2, 0.25) is 0 Å². The molecule has 1 aromatic heterocycles. The molecule has 1 amide bonds. The average Bonchev–Trinajstić information content (AvgIpc) is 2.92. The van der Waals surface area contributed by atoms with Crippen molar-refractivity contribution >= 4 is 22.6 Å². The number of hydrogen-bond acceptors (Lipinski definition) is 3. The van der Waals surface area contributed by atoms with Gasteiger partial charge < -0.3 is 14.8 Å².